The average molecular weight is 272 g/mol. The zero-order valence-corrected chi connectivity index (χ0v) is 13.2. The molecule has 6 unspecified atom stereocenters. The average Bonchev–Trinajstić information content (AvgIpc) is 2.42. The van der Waals surface area contributed by atoms with Gasteiger partial charge in [0.15, 0.2) is 0 Å². The summed E-state index contributed by atoms with van der Waals surface area (Å²) in [6.45, 7) is 7.26. The van der Waals surface area contributed by atoms with Crippen LogP contribution in [0.15, 0.2) is 12.2 Å². The van der Waals surface area contributed by atoms with Gasteiger partial charge >= 0.3 is 0 Å². The van der Waals surface area contributed by atoms with Crippen molar-refractivity contribution in [3.05, 3.63) is 12.2 Å². The molecule has 20 heavy (non-hydrogen) atoms. The molecule has 0 aromatic heterocycles. The Labute approximate surface area is 123 Å². The molecule has 3 rings (SSSR count). The summed E-state index contributed by atoms with van der Waals surface area (Å²) in [5, 5.41) is 9.73. The fourth-order valence-corrected chi connectivity index (χ4v) is 5.20. The first-order valence-corrected chi connectivity index (χ1v) is 8.32. The molecule has 1 nitrogen and oxygen atoms in total. The van der Waals surface area contributed by atoms with Crippen LogP contribution in [0.1, 0.15) is 59.3 Å². The van der Waals surface area contributed by atoms with Crippen LogP contribution >= 0.6 is 0 Å². The first kappa shape index (κ1) is 14.2. The summed E-state index contributed by atoms with van der Waals surface area (Å²) >= 11 is 0. The third-order valence-corrected chi connectivity index (χ3v) is 6.54. The van der Waals surface area contributed by atoms with Crippen LogP contribution in [0.3, 0.4) is 0 Å². The maximum absolute atomic E-state index is 9.73. The summed E-state index contributed by atoms with van der Waals surface area (Å²) in [6, 6.07) is 0. The summed E-state index contributed by atoms with van der Waals surface area (Å²) in [7, 11) is 0. The van der Waals surface area contributed by atoms with E-state index in [-0.39, 0.29) is 16.9 Å². The SMILES string of the molecule is CC1C2CCC#CC2(C)CCC1C1(C)C=CC(O)CC1. The molecule has 0 spiro atoms. The van der Waals surface area contributed by atoms with Gasteiger partial charge in [-0.05, 0) is 62.2 Å². The van der Waals surface area contributed by atoms with Gasteiger partial charge in [0.1, 0.15) is 0 Å². The fourth-order valence-electron chi connectivity index (χ4n) is 5.20. The van der Waals surface area contributed by atoms with Gasteiger partial charge in [-0.2, -0.15) is 0 Å². The Kier molecular flexibility index (Phi) is 3.49. The minimum Gasteiger partial charge on any atom is -0.389 e. The Morgan fingerprint density at radius 1 is 1.10 bits per heavy atom. The molecule has 0 bridgehead atoms. The normalized spacial score (nSPS) is 51.0. The van der Waals surface area contributed by atoms with E-state index in [9.17, 15) is 5.11 Å². The second-order valence-corrected chi connectivity index (χ2v) is 7.84. The van der Waals surface area contributed by atoms with Crippen LogP contribution in [-0.2, 0) is 0 Å². The molecule has 0 aliphatic heterocycles. The van der Waals surface area contributed by atoms with Gasteiger partial charge in [0.05, 0.1) is 6.10 Å². The highest BCUT2D eigenvalue weighted by molar-refractivity contribution is 5.20. The molecule has 1 N–H and O–H groups in total. The van der Waals surface area contributed by atoms with Gasteiger partial charge in [-0.1, -0.05) is 31.9 Å². The van der Waals surface area contributed by atoms with Gasteiger partial charge < -0.3 is 5.11 Å². The van der Waals surface area contributed by atoms with Gasteiger partial charge in [0.2, 0.25) is 0 Å². The van der Waals surface area contributed by atoms with Crippen molar-refractivity contribution in [1.82, 2.24) is 0 Å². The van der Waals surface area contributed by atoms with Crippen LogP contribution in [0.25, 0.3) is 0 Å². The zero-order valence-electron chi connectivity index (χ0n) is 13.2. The third kappa shape index (κ3) is 2.23. The predicted molar refractivity (Wildman–Crippen MR) is 83.0 cm³/mol. The lowest BCUT2D eigenvalue weighted by Crippen LogP contribution is -2.46. The number of hydrogen-bond acceptors (Lipinski definition) is 1. The molecule has 6 atom stereocenters. The first-order valence-electron chi connectivity index (χ1n) is 8.32. The Morgan fingerprint density at radius 3 is 2.60 bits per heavy atom. The molecular formula is C19H28O. The van der Waals surface area contributed by atoms with Crippen molar-refractivity contribution in [2.45, 2.75) is 65.4 Å². The van der Waals surface area contributed by atoms with Crippen molar-refractivity contribution < 1.29 is 5.11 Å². The minimum atomic E-state index is -0.215. The van der Waals surface area contributed by atoms with Crippen LogP contribution in [0.2, 0.25) is 0 Å². The smallest absolute Gasteiger partial charge is 0.0721 e. The van der Waals surface area contributed by atoms with Crippen LogP contribution in [0.4, 0.5) is 0 Å². The molecule has 110 valence electrons. The van der Waals surface area contributed by atoms with Crippen molar-refractivity contribution in [2.24, 2.45) is 28.6 Å². The molecule has 1 heteroatoms. The van der Waals surface area contributed by atoms with E-state index < -0.39 is 0 Å². The quantitative estimate of drug-likeness (QED) is 0.561. The highest BCUT2D eigenvalue weighted by Gasteiger charge is 2.49. The third-order valence-electron chi connectivity index (χ3n) is 6.54. The van der Waals surface area contributed by atoms with Gasteiger partial charge in [-0.3, -0.25) is 0 Å². The van der Waals surface area contributed by atoms with Crippen molar-refractivity contribution >= 4 is 0 Å². The maximum Gasteiger partial charge on any atom is 0.0721 e. The van der Waals surface area contributed by atoms with Gasteiger partial charge in [0.25, 0.3) is 0 Å². The van der Waals surface area contributed by atoms with Crippen molar-refractivity contribution in [2.75, 3.05) is 0 Å². The van der Waals surface area contributed by atoms with Gasteiger partial charge in [-0.25, -0.2) is 0 Å². The largest absolute Gasteiger partial charge is 0.389 e. The molecule has 0 saturated heterocycles. The standard InChI is InChI=1S/C19H28O/c1-14-16-6-4-5-10-18(16,2)13-9-17(14)19(3)11-7-15(20)8-12-19/h7,11,14-17,20H,4,6,8-9,12-13H2,1-3H3. The maximum atomic E-state index is 9.73. The van der Waals surface area contributed by atoms with Crippen molar-refractivity contribution in [3.8, 4) is 11.8 Å². The second-order valence-electron chi connectivity index (χ2n) is 7.84. The lowest BCUT2D eigenvalue weighted by Gasteiger charge is -2.53. The lowest BCUT2D eigenvalue weighted by molar-refractivity contribution is -0.00206. The molecule has 0 radical (unpaired) electrons. The topological polar surface area (TPSA) is 20.2 Å². The molecular weight excluding hydrogens is 244 g/mol. The number of hydrogen-bond donors (Lipinski definition) is 1. The van der Waals surface area contributed by atoms with Crippen LogP contribution < -0.4 is 0 Å². The van der Waals surface area contributed by atoms with Crippen LogP contribution in [0, 0.1) is 40.4 Å². The summed E-state index contributed by atoms with van der Waals surface area (Å²) in [4.78, 5) is 0. The molecule has 0 heterocycles. The number of aliphatic hydroxyl groups is 1. The zero-order chi connectivity index (χ0) is 14.4. The van der Waals surface area contributed by atoms with Crippen LogP contribution in [-0.4, -0.2) is 11.2 Å². The van der Waals surface area contributed by atoms with E-state index in [0.29, 0.717) is 0 Å². The molecule has 1 saturated carbocycles. The van der Waals surface area contributed by atoms with E-state index in [1.807, 2.05) is 6.08 Å². The van der Waals surface area contributed by atoms with E-state index in [0.717, 1.165) is 37.0 Å². The van der Waals surface area contributed by atoms with Crippen LogP contribution in [0.5, 0.6) is 0 Å². The summed E-state index contributed by atoms with van der Waals surface area (Å²) in [5.74, 6) is 9.18. The Balaban J connectivity index is 1.84. The first-order chi connectivity index (χ1) is 9.45. The van der Waals surface area contributed by atoms with E-state index in [1.54, 1.807) is 0 Å². The second kappa shape index (κ2) is 4.92. The molecule has 1 fully saturated rings. The number of fused-ring (bicyclic) bond motifs is 1. The van der Waals surface area contributed by atoms with Gasteiger partial charge in [-0.15, -0.1) is 5.92 Å². The van der Waals surface area contributed by atoms with E-state index >= 15 is 0 Å². The molecule has 0 aromatic carbocycles. The Bertz CT molecular complexity index is 468. The van der Waals surface area contributed by atoms with E-state index in [2.05, 4.69) is 38.7 Å². The Hall–Kier alpha value is -0.740. The molecule has 3 aliphatic rings. The highest BCUT2D eigenvalue weighted by Crippen LogP contribution is 2.56. The predicted octanol–water partition coefficient (Wildman–Crippen LogP) is 4.17. The summed E-state index contributed by atoms with van der Waals surface area (Å²) < 4.78 is 0. The fraction of sp³-hybridized carbons (Fsp3) is 0.789. The lowest BCUT2D eigenvalue weighted by atomic mass is 9.51. The molecule has 3 aliphatic carbocycles. The minimum absolute atomic E-state index is 0.215. The number of aliphatic hydroxyl groups excluding tert-OH is 1. The number of allylic oxidation sites excluding steroid dienone is 1. The number of rotatable bonds is 1. The van der Waals surface area contributed by atoms with Crippen molar-refractivity contribution in [3.63, 3.8) is 0 Å². The van der Waals surface area contributed by atoms with E-state index in [4.69, 9.17) is 0 Å². The monoisotopic (exact) mass is 272 g/mol. The van der Waals surface area contributed by atoms with Gasteiger partial charge in [0, 0.05) is 11.8 Å². The molecule has 0 aromatic rings. The van der Waals surface area contributed by atoms with Crippen molar-refractivity contribution in [1.29, 1.82) is 0 Å². The molecule has 0 amide bonds. The summed E-state index contributed by atoms with van der Waals surface area (Å²) in [6.07, 6.45) is 11.1. The highest BCUT2D eigenvalue weighted by atomic mass is 16.3. The summed E-state index contributed by atoms with van der Waals surface area (Å²) in [5.41, 5.74) is 0.549. The van der Waals surface area contributed by atoms with E-state index in [1.165, 1.54) is 19.3 Å². The Morgan fingerprint density at radius 2 is 1.90 bits per heavy atom.